The van der Waals surface area contributed by atoms with E-state index in [0.717, 1.165) is 0 Å². The van der Waals surface area contributed by atoms with E-state index in [1.807, 2.05) is 19.1 Å². The van der Waals surface area contributed by atoms with E-state index in [1.54, 1.807) is 18.2 Å². The highest BCUT2D eigenvalue weighted by Crippen LogP contribution is 2.19. The van der Waals surface area contributed by atoms with Gasteiger partial charge in [0.25, 0.3) is 5.91 Å². The zero-order valence-electron chi connectivity index (χ0n) is 10.6. The van der Waals surface area contributed by atoms with Crippen LogP contribution in [0.5, 0.6) is 5.75 Å². The number of carbonyl (C=O) groups is 1. The van der Waals surface area contributed by atoms with E-state index < -0.39 is 0 Å². The van der Waals surface area contributed by atoms with Crippen LogP contribution >= 0.6 is 0 Å². The molecule has 3 N–H and O–H groups in total. The molecule has 19 heavy (non-hydrogen) atoms. The van der Waals surface area contributed by atoms with Gasteiger partial charge in [-0.2, -0.15) is 0 Å². The summed E-state index contributed by atoms with van der Waals surface area (Å²) in [4.78, 5) is 15.9. The average molecular weight is 257 g/mol. The smallest absolute Gasteiger partial charge is 0.257 e. The van der Waals surface area contributed by atoms with E-state index >= 15 is 0 Å². The minimum absolute atomic E-state index is 0.270. The highest BCUT2D eigenvalue weighted by molar-refractivity contribution is 6.07. The van der Waals surface area contributed by atoms with Crippen molar-refractivity contribution in [3.05, 3.63) is 48.3 Å². The number of nitrogen functional groups attached to an aromatic ring is 1. The predicted octanol–water partition coefficient (Wildman–Crippen LogP) is 2.31. The average Bonchev–Trinajstić information content (AvgIpc) is 2.40. The number of nitrogens with two attached hydrogens (primary N) is 1. The van der Waals surface area contributed by atoms with Gasteiger partial charge in [-0.25, -0.2) is 0 Å². The Labute approximate surface area is 111 Å². The highest BCUT2D eigenvalue weighted by Gasteiger charge is 2.09. The Balaban J connectivity index is 2.15. The third kappa shape index (κ3) is 3.22. The number of hydrogen-bond acceptors (Lipinski definition) is 4. The number of anilines is 2. The predicted molar refractivity (Wildman–Crippen MR) is 74.2 cm³/mol. The van der Waals surface area contributed by atoms with Crippen LogP contribution in [0, 0.1) is 0 Å². The Hall–Kier alpha value is -2.56. The number of ether oxygens (including phenoxy) is 1. The molecule has 0 aliphatic heterocycles. The molecule has 0 atom stereocenters. The molecule has 0 bridgehead atoms. The maximum absolute atomic E-state index is 12.0. The summed E-state index contributed by atoms with van der Waals surface area (Å²) in [5.41, 5.74) is 7.11. The first-order chi connectivity index (χ1) is 9.20. The number of aromatic nitrogens is 1. The lowest BCUT2D eigenvalue weighted by atomic mass is 10.2. The van der Waals surface area contributed by atoms with Crippen LogP contribution in [0.1, 0.15) is 17.3 Å². The number of benzene rings is 1. The lowest BCUT2D eigenvalue weighted by Crippen LogP contribution is -2.14. The van der Waals surface area contributed by atoms with Gasteiger partial charge in [0, 0.05) is 18.0 Å². The van der Waals surface area contributed by atoms with E-state index in [0.29, 0.717) is 29.3 Å². The molecule has 1 aromatic carbocycles. The lowest BCUT2D eigenvalue weighted by Gasteiger charge is -2.09. The second-order valence-corrected chi connectivity index (χ2v) is 3.88. The Kier molecular flexibility index (Phi) is 3.97. The molecule has 1 aromatic heterocycles. The Morgan fingerprint density at radius 2 is 2.26 bits per heavy atom. The van der Waals surface area contributed by atoms with Crippen molar-refractivity contribution >= 4 is 17.3 Å². The third-order valence-corrected chi connectivity index (χ3v) is 2.50. The van der Waals surface area contributed by atoms with Crippen molar-refractivity contribution < 1.29 is 9.53 Å². The fourth-order valence-corrected chi connectivity index (χ4v) is 1.64. The van der Waals surface area contributed by atoms with Crippen molar-refractivity contribution in [2.75, 3.05) is 17.7 Å². The molecule has 5 heteroatoms. The molecule has 0 fully saturated rings. The summed E-state index contributed by atoms with van der Waals surface area (Å²) in [5, 5.41) is 2.77. The first kappa shape index (κ1) is 12.9. The van der Waals surface area contributed by atoms with Crippen molar-refractivity contribution in [1.29, 1.82) is 0 Å². The quantitative estimate of drug-likeness (QED) is 0.881. The number of carbonyl (C=O) groups excluding carboxylic acids is 1. The van der Waals surface area contributed by atoms with Crippen LogP contribution in [0.15, 0.2) is 42.7 Å². The SMILES string of the molecule is CCOc1cccc(NC(=O)c2ccncc2N)c1. The van der Waals surface area contributed by atoms with Gasteiger partial charge >= 0.3 is 0 Å². The number of rotatable bonds is 4. The fourth-order valence-electron chi connectivity index (χ4n) is 1.64. The van der Waals surface area contributed by atoms with Crippen molar-refractivity contribution in [2.24, 2.45) is 0 Å². The first-order valence-electron chi connectivity index (χ1n) is 5.94. The van der Waals surface area contributed by atoms with Gasteiger partial charge in [0.2, 0.25) is 0 Å². The van der Waals surface area contributed by atoms with Gasteiger partial charge in [-0.05, 0) is 25.1 Å². The van der Waals surface area contributed by atoms with Crippen molar-refractivity contribution in [3.63, 3.8) is 0 Å². The van der Waals surface area contributed by atoms with Crippen LogP contribution < -0.4 is 15.8 Å². The van der Waals surface area contributed by atoms with E-state index in [1.165, 1.54) is 12.4 Å². The first-order valence-corrected chi connectivity index (χ1v) is 5.94. The van der Waals surface area contributed by atoms with E-state index in [-0.39, 0.29) is 5.91 Å². The van der Waals surface area contributed by atoms with Gasteiger partial charge in [0.1, 0.15) is 5.75 Å². The number of hydrogen-bond donors (Lipinski definition) is 2. The number of nitrogens with zero attached hydrogens (tertiary/aromatic N) is 1. The molecular weight excluding hydrogens is 242 g/mol. The molecule has 0 radical (unpaired) electrons. The summed E-state index contributed by atoms with van der Waals surface area (Å²) in [6, 6.07) is 8.78. The van der Waals surface area contributed by atoms with Crippen molar-refractivity contribution in [2.45, 2.75) is 6.92 Å². The highest BCUT2D eigenvalue weighted by atomic mass is 16.5. The minimum Gasteiger partial charge on any atom is -0.494 e. The number of pyridine rings is 1. The molecular formula is C14H15N3O2. The summed E-state index contributed by atoms with van der Waals surface area (Å²) >= 11 is 0. The van der Waals surface area contributed by atoms with Crippen molar-refractivity contribution in [1.82, 2.24) is 4.98 Å². The molecule has 1 heterocycles. The second-order valence-electron chi connectivity index (χ2n) is 3.88. The second kappa shape index (κ2) is 5.86. The molecule has 2 aromatic rings. The van der Waals surface area contributed by atoms with E-state index in [4.69, 9.17) is 10.5 Å². The molecule has 98 valence electrons. The topological polar surface area (TPSA) is 77.2 Å². The summed E-state index contributed by atoms with van der Waals surface area (Å²) in [5.74, 6) is 0.441. The molecule has 0 spiro atoms. The third-order valence-electron chi connectivity index (χ3n) is 2.50. The maximum atomic E-state index is 12.0. The molecule has 0 unspecified atom stereocenters. The van der Waals surface area contributed by atoms with Gasteiger partial charge in [-0.15, -0.1) is 0 Å². The summed E-state index contributed by atoms with van der Waals surface area (Å²) < 4.78 is 5.37. The fraction of sp³-hybridized carbons (Fsp3) is 0.143. The Morgan fingerprint density at radius 1 is 1.42 bits per heavy atom. The van der Waals surface area contributed by atoms with Crippen LogP contribution in [0.4, 0.5) is 11.4 Å². The molecule has 0 aliphatic rings. The van der Waals surface area contributed by atoms with Gasteiger partial charge in [-0.1, -0.05) is 6.07 Å². The van der Waals surface area contributed by atoms with Gasteiger partial charge in [-0.3, -0.25) is 9.78 Å². The molecule has 0 saturated carbocycles. The zero-order chi connectivity index (χ0) is 13.7. The molecule has 1 amide bonds. The molecule has 0 aliphatic carbocycles. The van der Waals surface area contributed by atoms with Crippen LogP contribution in [0.25, 0.3) is 0 Å². The largest absolute Gasteiger partial charge is 0.494 e. The van der Waals surface area contributed by atoms with Gasteiger partial charge in [0.05, 0.1) is 24.1 Å². The van der Waals surface area contributed by atoms with Gasteiger partial charge in [0.15, 0.2) is 0 Å². The van der Waals surface area contributed by atoms with Crippen LogP contribution in [0.2, 0.25) is 0 Å². The maximum Gasteiger partial charge on any atom is 0.257 e. The number of amides is 1. The van der Waals surface area contributed by atoms with Gasteiger partial charge < -0.3 is 15.8 Å². The van der Waals surface area contributed by atoms with E-state index in [2.05, 4.69) is 10.3 Å². The summed E-state index contributed by atoms with van der Waals surface area (Å²) in [6.45, 7) is 2.48. The van der Waals surface area contributed by atoms with Crippen LogP contribution in [-0.2, 0) is 0 Å². The van der Waals surface area contributed by atoms with E-state index in [9.17, 15) is 4.79 Å². The van der Waals surface area contributed by atoms with Crippen LogP contribution in [-0.4, -0.2) is 17.5 Å². The summed E-state index contributed by atoms with van der Waals surface area (Å²) in [7, 11) is 0. The number of nitrogens with one attached hydrogen (secondary N) is 1. The minimum atomic E-state index is -0.270. The van der Waals surface area contributed by atoms with Crippen molar-refractivity contribution in [3.8, 4) is 5.75 Å². The Morgan fingerprint density at radius 3 is 3.00 bits per heavy atom. The van der Waals surface area contributed by atoms with Crippen LogP contribution in [0.3, 0.4) is 0 Å². The Bertz CT molecular complexity index is 584. The molecule has 0 saturated heterocycles. The monoisotopic (exact) mass is 257 g/mol. The lowest BCUT2D eigenvalue weighted by molar-refractivity contribution is 0.102. The standard InChI is InChI=1S/C14H15N3O2/c1-2-19-11-5-3-4-10(8-11)17-14(18)12-6-7-16-9-13(12)15/h3-9H,2,15H2,1H3,(H,17,18). The zero-order valence-corrected chi connectivity index (χ0v) is 10.6. The summed E-state index contributed by atoms with van der Waals surface area (Å²) in [6.07, 6.45) is 2.98. The normalized spacial score (nSPS) is 9.95. The molecule has 5 nitrogen and oxygen atoms in total. The molecule has 2 rings (SSSR count).